The third-order valence-electron chi connectivity index (χ3n) is 4.38. The quantitative estimate of drug-likeness (QED) is 0.726. The molecular weight excluding hydrogens is 242 g/mol. The maximum atomic E-state index is 9.29. The van der Waals surface area contributed by atoms with Crippen molar-refractivity contribution in [2.45, 2.75) is 58.9 Å². The predicted octanol–water partition coefficient (Wildman–Crippen LogP) is 3.21. The Morgan fingerprint density at radius 2 is 1.83 bits per heavy atom. The molecule has 108 valence electrons. The van der Waals surface area contributed by atoms with Crippen LogP contribution in [0.5, 0.6) is 0 Å². The van der Waals surface area contributed by atoms with Crippen LogP contribution in [0.2, 0.25) is 0 Å². The molecule has 1 saturated carbocycles. The standard InChI is InChI=1S/C15H31NOS/c1-15(2,3)13(12-18)11-16(9-10-17)14-7-5-4-6-8-14/h13-14,17-18H,4-12H2,1-3H3. The van der Waals surface area contributed by atoms with Crippen molar-refractivity contribution >= 4 is 12.6 Å². The fourth-order valence-corrected chi connectivity index (χ4v) is 3.55. The van der Waals surface area contributed by atoms with Gasteiger partial charge in [0.2, 0.25) is 0 Å². The molecule has 1 atom stereocenters. The van der Waals surface area contributed by atoms with Crippen LogP contribution < -0.4 is 0 Å². The number of thiol groups is 1. The Balaban J connectivity index is 2.60. The molecule has 0 aromatic rings. The topological polar surface area (TPSA) is 23.5 Å². The second-order valence-electron chi connectivity index (χ2n) is 6.76. The van der Waals surface area contributed by atoms with Gasteiger partial charge in [-0.3, -0.25) is 4.90 Å². The number of aliphatic hydroxyl groups is 1. The van der Waals surface area contributed by atoms with Gasteiger partial charge in [-0.25, -0.2) is 0 Å². The van der Waals surface area contributed by atoms with E-state index in [1.165, 1.54) is 32.1 Å². The van der Waals surface area contributed by atoms with Crippen molar-refractivity contribution in [3.63, 3.8) is 0 Å². The van der Waals surface area contributed by atoms with E-state index in [9.17, 15) is 5.11 Å². The number of hydrogen-bond donors (Lipinski definition) is 2. The molecule has 1 fully saturated rings. The van der Waals surface area contributed by atoms with Crippen LogP contribution in [-0.2, 0) is 0 Å². The summed E-state index contributed by atoms with van der Waals surface area (Å²) in [6.45, 7) is 9.08. The van der Waals surface area contributed by atoms with E-state index in [1.54, 1.807) is 0 Å². The number of nitrogens with zero attached hydrogens (tertiary/aromatic N) is 1. The zero-order chi connectivity index (χ0) is 13.6. The molecule has 1 unspecified atom stereocenters. The van der Waals surface area contributed by atoms with Gasteiger partial charge in [0, 0.05) is 19.1 Å². The van der Waals surface area contributed by atoms with E-state index >= 15 is 0 Å². The average molecular weight is 273 g/mol. The largest absolute Gasteiger partial charge is 0.395 e. The first-order chi connectivity index (χ1) is 8.49. The summed E-state index contributed by atoms with van der Waals surface area (Å²) >= 11 is 4.53. The molecule has 0 radical (unpaired) electrons. The number of aliphatic hydroxyl groups excluding tert-OH is 1. The van der Waals surface area contributed by atoms with Gasteiger partial charge in [0.05, 0.1) is 6.61 Å². The smallest absolute Gasteiger partial charge is 0.0558 e. The number of hydrogen-bond acceptors (Lipinski definition) is 3. The van der Waals surface area contributed by atoms with E-state index in [1.807, 2.05) is 0 Å². The lowest BCUT2D eigenvalue weighted by Crippen LogP contribution is -2.44. The predicted molar refractivity (Wildman–Crippen MR) is 82.3 cm³/mol. The molecule has 0 saturated heterocycles. The summed E-state index contributed by atoms with van der Waals surface area (Å²) in [7, 11) is 0. The third-order valence-corrected chi connectivity index (χ3v) is 4.82. The SMILES string of the molecule is CC(C)(C)C(CS)CN(CCO)C1CCCCC1. The lowest BCUT2D eigenvalue weighted by Gasteiger charge is -2.39. The Morgan fingerprint density at radius 3 is 2.28 bits per heavy atom. The van der Waals surface area contributed by atoms with Crippen LogP contribution in [-0.4, -0.2) is 41.5 Å². The van der Waals surface area contributed by atoms with Crippen LogP contribution in [0.25, 0.3) is 0 Å². The van der Waals surface area contributed by atoms with Crippen LogP contribution >= 0.6 is 12.6 Å². The average Bonchev–Trinajstić information content (AvgIpc) is 2.34. The molecule has 0 spiro atoms. The van der Waals surface area contributed by atoms with Crippen LogP contribution in [0.4, 0.5) is 0 Å². The minimum atomic E-state index is 0.278. The Labute approximate surface area is 119 Å². The van der Waals surface area contributed by atoms with Crippen molar-refractivity contribution in [3.05, 3.63) is 0 Å². The minimum absolute atomic E-state index is 0.278. The van der Waals surface area contributed by atoms with E-state index in [4.69, 9.17) is 0 Å². The Kier molecular flexibility index (Phi) is 7.04. The van der Waals surface area contributed by atoms with E-state index < -0.39 is 0 Å². The van der Waals surface area contributed by atoms with Crippen molar-refractivity contribution in [2.24, 2.45) is 11.3 Å². The highest BCUT2D eigenvalue weighted by atomic mass is 32.1. The van der Waals surface area contributed by atoms with Crippen LogP contribution in [0, 0.1) is 11.3 Å². The van der Waals surface area contributed by atoms with Gasteiger partial charge >= 0.3 is 0 Å². The molecule has 0 amide bonds. The van der Waals surface area contributed by atoms with Gasteiger partial charge in [-0.05, 0) is 29.9 Å². The second kappa shape index (κ2) is 7.76. The van der Waals surface area contributed by atoms with Gasteiger partial charge in [-0.1, -0.05) is 40.0 Å². The van der Waals surface area contributed by atoms with Crippen LogP contribution in [0.15, 0.2) is 0 Å². The van der Waals surface area contributed by atoms with Gasteiger partial charge in [0.1, 0.15) is 0 Å². The van der Waals surface area contributed by atoms with Gasteiger partial charge in [-0.2, -0.15) is 12.6 Å². The summed E-state index contributed by atoms with van der Waals surface area (Å²) in [5.74, 6) is 1.52. The Morgan fingerprint density at radius 1 is 1.22 bits per heavy atom. The fraction of sp³-hybridized carbons (Fsp3) is 1.00. The van der Waals surface area contributed by atoms with Crippen LogP contribution in [0.1, 0.15) is 52.9 Å². The van der Waals surface area contributed by atoms with Gasteiger partial charge in [0.25, 0.3) is 0 Å². The second-order valence-corrected chi connectivity index (χ2v) is 7.12. The Hall–Kier alpha value is 0.270. The molecule has 3 heteroatoms. The Bertz CT molecular complexity index is 221. The summed E-state index contributed by atoms with van der Waals surface area (Å²) in [6, 6.07) is 0.690. The summed E-state index contributed by atoms with van der Waals surface area (Å²) in [5, 5.41) is 9.29. The molecule has 0 aromatic heterocycles. The van der Waals surface area contributed by atoms with Gasteiger partial charge < -0.3 is 5.11 Å². The maximum absolute atomic E-state index is 9.29. The molecular formula is C15H31NOS. The van der Waals surface area contributed by atoms with E-state index in [2.05, 4.69) is 38.3 Å². The normalized spacial score (nSPS) is 20.3. The van der Waals surface area contributed by atoms with Crippen molar-refractivity contribution in [2.75, 3.05) is 25.4 Å². The summed E-state index contributed by atoms with van der Waals surface area (Å²) in [5.41, 5.74) is 0.296. The number of rotatable bonds is 6. The highest BCUT2D eigenvalue weighted by Crippen LogP contribution is 2.30. The zero-order valence-corrected chi connectivity index (χ0v) is 13.3. The molecule has 0 heterocycles. The summed E-state index contributed by atoms with van der Waals surface area (Å²) in [4.78, 5) is 2.52. The molecule has 0 aliphatic heterocycles. The lowest BCUT2D eigenvalue weighted by atomic mass is 9.81. The van der Waals surface area contributed by atoms with E-state index in [-0.39, 0.29) is 6.61 Å². The first-order valence-corrected chi connectivity index (χ1v) is 8.08. The third kappa shape index (κ3) is 5.10. The van der Waals surface area contributed by atoms with Gasteiger partial charge in [-0.15, -0.1) is 0 Å². The van der Waals surface area contributed by atoms with Crippen molar-refractivity contribution in [1.82, 2.24) is 4.90 Å². The molecule has 1 aliphatic carbocycles. The zero-order valence-electron chi connectivity index (χ0n) is 12.4. The monoisotopic (exact) mass is 273 g/mol. The first kappa shape index (κ1) is 16.3. The molecule has 1 aliphatic rings. The molecule has 0 bridgehead atoms. The summed E-state index contributed by atoms with van der Waals surface area (Å²) < 4.78 is 0. The molecule has 18 heavy (non-hydrogen) atoms. The molecule has 1 N–H and O–H groups in total. The molecule has 2 nitrogen and oxygen atoms in total. The molecule has 1 rings (SSSR count). The minimum Gasteiger partial charge on any atom is -0.395 e. The molecule has 0 aromatic carbocycles. The van der Waals surface area contributed by atoms with Crippen molar-refractivity contribution in [1.29, 1.82) is 0 Å². The highest BCUT2D eigenvalue weighted by molar-refractivity contribution is 7.80. The van der Waals surface area contributed by atoms with Gasteiger partial charge in [0.15, 0.2) is 0 Å². The fourth-order valence-electron chi connectivity index (χ4n) is 2.89. The maximum Gasteiger partial charge on any atom is 0.0558 e. The van der Waals surface area contributed by atoms with Crippen molar-refractivity contribution in [3.8, 4) is 0 Å². The van der Waals surface area contributed by atoms with Crippen LogP contribution in [0.3, 0.4) is 0 Å². The van der Waals surface area contributed by atoms with E-state index in [0.717, 1.165) is 18.8 Å². The first-order valence-electron chi connectivity index (χ1n) is 7.44. The lowest BCUT2D eigenvalue weighted by molar-refractivity contribution is 0.0841. The highest BCUT2D eigenvalue weighted by Gasteiger charge is 2.28. The summed E-state index contributed by atoms with van der Waals surface area (Å²) in [6.07, 6.45) is 6.72. The van der Waals surface area contributed by atoms with Crippen molar-refractivity contribution < 1.29 is 5.11 Å². The van der Waals surface area contributed by atoms with E-state index in [0.29, 0.717) is 17.4 Å².